The van der Waals surface area contributed by atoms with E-state index in [1.54, 1.807) is 18.2 Å². The summed E-state index contributed by atoms with van der Waals surface area (Å²) in [6, 6.07) is 14.2. The van der Waals surface area contributed by atoms with Gasteiger partial charge in [0.05, 0.1) is 5.56 Å². The lowest BCUT2D eigenvalue weighted by atomic mass is 10.1. The van der Waals surface area contributed by atoms with Crippen molar-refractivity contribution in [3.63, 3.8) is 0 Å². The van der Waals surface area contributed by atoms with E-state index in [0.717, 1.165) is 5.69 Å². The summed E-state index contributed by atoms with van der Waals surface area (Å²) in [5, 5.41) is 5.84. The van der Waals surface area contributed by atoms with Gasteiger partial charge in [-0.05, 0) is 42.3 Å². The van der Waals surface area contributed by atoms with E-state index in [0.29, 0.717) is 35.7 Å². The average molecular weight is 379 g/mol. The number of benzene rings is 2. The number of carbonyl (C=O) groups excluding carboxylic acids is 1. The first-order chi connectivity index (χ1) is 13.5. The minimum Gasteiger partial charge on any atom is -0.378 e. The topological polar surface area (TPSA) is 70.2 Å². The number of carbonyl (C=O) groups is 1. The first-order valence-corrected chi connectivity index (χ1v) is 8.91. The van der Waals surface area contributed by atoms with Gasteiger partial charge in [-0.2, -0.15) is 0 Å². The molecule has 3 aromatic rings. The number of nitrogens with one attached hydrogen (secondary N) is 2. The van der Waals surface area contributed by atoms with Crippen LogP contribution in [0.3, 0.4) is 0 Å². The fourth-order valence-corrected chi connectivity index (χ4v) is 2.59. The number of nitrogens with zero attached hydrogens (tertiary/aromatic N) is 3. The summed E-state index contributed by atoms with van der Waals surface area (Å²) in [6.07, 6.45) is 3.44. The zero-order chi connectivity index (χ0) is 19.9. The minimum atomic E-state index is -0.282. The van der Waals surface area contributed by atoms with Crippen molar-refractivity contribution in [2.75, 3.05) is 36.2 Å². The van der Waals surface area contributed by atoms with Crippen LogP contribution in [0.4, 0.5) is 21.7 Å². The van der Waals surface area contributed by atoms with Gasteiger partial charge in [0.15, 0.2) is 0 Å². The van der Waals surface area contributed by atoms with Gasteiger partial charge in [-0.15, -0.1) is 0 Å². The molecule has 2 aromatic carbocycles. The number of hydrogen-bond acceptors (Lipinski definition) is 5. The molecule has 0 bridgehead atoms. The molecule has 28 heavy (non-hydrogen) atoms. The van der Waals surface area contributed by atoms with Gasteiger partial charge in [0.25, 0.3) is 5.91 Å². The lowest BCUT2D eigenvalue weighted by Gasteiger charge is -2.13. The molecule has 0 aliphatic carbocycles. The first-order valence-electron chi connectivity index (χ1n) is 8.91. The average Bonchev–Trinajstić information content (AvgIpc) is 2.70. The molecule has 2 N–H and O–H groups in total. The van der Waals surface area contributed by atoms with Crippen molar-refractivity contribution in [1.82, 2.24) is 9.97 Å². The van der Waals surface area contributed by atoms with Crippen molar-refractivity contribution in [2.45, 2.75) is 6.42 Å². The number of anilines is 3. The third kappa shape index (κ3) is 5.03. The predicted molar refractivity (Wildman–Crippen MR) is 109 cm³/mol. The second-order valence-corrected chi connectivity index (χ2v) is 6.46. The molecule has 144 valence electrons. The van der Waals surface area contributed by atoms with E-state index in [9.17, 15) is 9.18 Å². The highest BCUT2D eigenvalue weighted by atomic mass is 19.1. The van der Waals surface area contributed by atoms with Crippen molar-refractivity contribution in [2.24, 2.45) is 0 Å². The highest BCUT2D eigenvalue weighted by molar-refractivity contribution is 6.03. The van der Waals surface area contributed by atoms with E-state index < -0.39 is 0 Å². The van der Waals surface area contributed by atoms with Crippen LogP contribution >= 0.6 is 0 Å². The zero-order valence-electron chi connectivity index (χ0n) is 15.8. The van der Waals surface area contributed by atoms with Gasteiger partial charge in [0, 0.05) is 44.4 Å². The molecule has 0 saturated carbocycles. The third-order valence-electron chi connectivity index (χ3n) is 4.19. The fraction of sp³-hybridized carbons (Fsp3) is 0.190. The van der Waals surface area contributed by atoms with Crippen molar-refractivity contribution < 1.29 is 9.18 Å². The molecule has 7 heteroatoms. The molecule has 0 radical (unpaired) electrons. The molecule has 0 unspecified atom stereocenters. The van der Waals surface area contributed by atoms with Gasteiger partial charge in [-0.25, -0.2) is 14.4 Å². The molecule has 6 nitrogen and oxygen atoms in total. The van der Waals surface area contributed by atoms with Gasteiger partial charge >= 0.3 is 0 Å². The summed E-state index contributed by atoms with van der Waals surface area (Å²) in [6.45, 7) is 0.491. The lowest BCUT2D eigenvalue weighted by molar-refractivity contribution is 0.102. The largest absolute Gasteiger partial charge is 0.378 e. The van der Waals surface area contributed by atoms with Gasteiger partial charge in [0.1, 0.15) is 5.82 Å². The van der Waals surface area contributed by atoms with E-state index in [2.05, 4.69) is 20.6 Å². The van der Waals surface area contributed by atoms with E-state index in [-0.39, 0.29) is 11.7 Å². The maximum Gasteiger partial charge on any atom is 0.258 e. The van der Waals surface area contributed by atoms with Crippen molar-refractivity contribution >= 4 is 23.2 Å². The van der Waals surface area contributed by atoms with Crippen molar-refractivity contribution in [3.05, 3.63) is 77.9 Å². The maximum absolute atomic E-state index is 13.6. The van der Waals surface area contributed by atoms with Crippen molar-refractivity contribution in [3.8, 4) is 0 Å². The van der Waals surface area contributed by atoms with Crippen LogP contribution < -0.4 is 15.5 Å². The number of halogens is 1. The van der Waals surface area contributed by atoms with Crippen LogP contribution in [-0.4, -0.2) is 36.5 Å². The summed E-state index contributed by atoms with van der Waals surface area (Å²) in [5.41, 5.74) is 2.73. The maximum atomic E-state index is 13.6. The lowest BCUT2D eigenvalue weighted by Crippen LogP contribution is -2.14. The molecule has 0 aliphatic rings. The molecule has 0 fully saturated rings. The SMILES string of the molecule is CN(C)c1ccc(NC(=O)c2cnc(NCCc3ccccc3F)nc2)cc1. The standard InChI is InChI=1S/C21H22FN5O/c1-27(2)18-9-7-17(8-10-18)26-20(28)16-13-24-21(25-14-16)23-12-11-15-5-3-4-6-19(15)22/h3-10,13-14H,11-12H2,1-2H3,(H,26,28)(H,23,24,25). The van der Waals surface area contributed by atoms with E-state index in [4.69, 9.17) is 0 Å². The van der Waals surface area contributed by atoms with E-state index >= 15 is 0 Å². The van der Waals surface area contributed by atoms with Gasteiger partial charge in [-0.1, -0.05) is 18.2 Å². The van der Waals surface area contributed by atoms with Gasteiger partial charge in [0.2, 0.25) is 5.95 Å². The van der Waals surface area contributed by atoms with Crippen LogP contribution in [0, 0.1) is 5.82 Å². The van der Waals surface area contributed by atoms with Gasteiger partial charge < -0.3 is 15.5 Å². The molecular weight excluding hydrogens is 357 g/mol. The second-order valence-electron chi connectivity index (χ2n) is 6.46. The molecule has 3 rings (SSSR count). The monoisotopic (exact) mass is 379 g/mol. The smallest absolute Gasteiger partial charge is 0.258 e. The fourth-order valence-electron chi connectivity index (χ4n) is 2.59. The third-order valence-corrected chi connectivity index (χ3v) is 4.19. The Labute approximate surface area is 163 Å². The normalized spacial score (nSPS) is 10.4. The molecule has 0 spiro atoms. The van der Waals surface area contributed by atoms with Gasteiger partial charge in [-0.3, -0.25) is 4.79 Å². The van der Waals surface area contributed by atoms with Crippen LogP contribution in [0.5, 0.6) is 0 Å². The van der Waals surface area contributed by atoms with Crippen LogP contribution in [0.1, 0.15) is 15.9 Å². The second kappa shape index (κ2) is 8.94. The highest BCUT2D eigenvalue weighted by Crippen LogP contribution is 2.16. The first kappa shape index (κ1) is 19.3. The molecule has 0 atom stereocenters. The van der Waals surface area contributed by atoms with Crippen LogP contribution in [0.2, 0.25) is 0 Å². The molecule has 1 aromatic heterocycles. The molecule has 0 saturated heterocycles. The Hall–Kier alpha value is -3.48. The zero-order valence-corrected chi connectivity index (χ0v) is 15.8. The minimum absolute atomic E-state index is 0.226. The Morgan fingerprint density at radius 1 is 1.04 bits per heavy atom. The number of aromatic nitrogens is 2. The van der Waals surface area contributed by atoms with Crippen LogP contribution in [0.15, 0.2) is 60.9 Å². The Balaban J connectivity index is 1.53. The van der Waals surface area contributed by atoms with E-state index in [1.807, 2.05) is 43.3 Å². The number of amides is 1. The van der Waals surface area contributed by atoms with Crippen LogP contribution in [0.25, 0.3) is 0 Å². The summed E-state index contributed by atoms with van der Waals surface area (Å²) < 4.78 is 13.6. The molecule has 1 amide bonds. The van der Waals surface area contributed by atoms with E-state index in [1.165, 1.54) is 18.5 Å². The molecular formula is C21H22FN5O. The Kier molecular flexibility index (Phi) is 6.16. The Morgan fingerprint density at radius 2 is 1.71 bits per heavy atom. The predicted octanol–water partition coefficient (Wildman–Crippen LogP) is 3.59. The van der Waals surface area contributed by atoms with Crippen LogP contribution in [-0.2, 0) is 6.42 Å². The summed E-state index contributed by atoms with van der Waals surface area (Å²) in [5.74, 6) is -0.116. The molecule has 1 heterocycles. The summed E-state index contributed by atoms with van der Waals surface area (Å²) in [7, 11) is 3.91. The van der Waals surface area contributed by atoms with Crippen molar-refractivity contribution in [1.29, 1.82) is 0 Å². The quantitative estimate of drug-likeness (QED) is 0.657. The highest BCUT2D eigenvalue weighted by Gasteiger charge is 2.08. The number of hydrogen-bond donors (Lipinski definition) is 2. The molecule has 0 aliphatic heterocycles. The summed E-state index contributed by atoms with van der Waals surface area (Å²) >= 11 is 0. The summed E-state index contributed by atoms with van der Waals surface area (Å²) in [4.78, 5) is 22.6. The number of rotatable bonds is 7. The Bertz CT molecular complexity index is 926. The Morgan fingerprint density at radius 3 is 2.36 bits per heavy atom.